The molecular formula is C20H27N5O3. The molecule has 3 rings (SSSR count). The molecule has 150 valence electrons. The minimum atomic E-state index is -0.633. The Hall–Kier alpha value is -3.03. The maximum absolute atomic E-state index is 12.8. The zero-order valence-electron chi connectivity index (χ0n) is 16.1. The normalized spacial score (nSPS) is 14.8. The quantitative estimate of drug-likeness (QED) is 0.709. The van der Waals surface area contributed by atoms with Crippen LogP contribution >= 0.6 is 0 Å². The smallest absolute Gasteiger partial charge is 0.271 e. The molecule has 1 aliphatic rings. The number of nitrogen functional groups attached to an aromatic ring is 1. The van der Waals surface area contributed by atoms with Crippen LogP contribution < -0.4 is 16.2 Å². The Morgan fingerprint density at radius 2 is 1.89 bits per heavy atom. The van der Waals surface area contributed by atoms with E-state index in [9.17, 15) is 9.59 Å². The number of carbonyl (C=O) groups is 2. The molecule has 4 N–H and O–H groups in total. The maximum Gasteiger partial charge on any atom is 0.271 e. The molecule has 1 aliphatic heterocycles. The predicted octanol–water partition coefficient (Wildman–Crippen LogP) is 2.22. The molecule has 28 heavy (non-hydrogen) atoms. The number of unbranched alkanes of at least 4 members (excludes halogenated alkanes) is 1. The van der Waals surface area contributed by atoms with E-state index in [1.54, 1.807) is 10.9 Å². The third kappa shape index (κ3) is 4.27. The molecule has 8 heteroatoms. The summed E-state index contributed by atoms with van der Waals surface area (Å²) in [5.41, 5.74) is 12.0. The number of primary amides is 1. The van der Waals surface area contributed by atoms with Gasteiger partial charge in [0.2, 0.25) is 0 Å². The summed E-state index contributed by atoms with van der Waals surface area (Å²) < 4.78 is 7.42. The van der Waals surface area contributed by atoms with Gasteiger partial charge in [0.25, 0.3) is 11.8 Å². The van der Waals surface area contributed by atoms with Crippen molar-refractivity contribution in [2.45, 2.75) is 38.6 Å². The molecule has 2 heterocycles. The van der Waals surface area contributed by atoms with Crippen molar-refractivity contribution in [3.63, 3.8) is 0 Å². The summed E-state index contributed by atoms with van der Waals surface area (Å²) in [4.78, 5) is 29.9. The molecule has 1 fully saturated rings. The number of benzene rings is 1. The van der Waals surface area contributed by atoms with Gasteiger partial charge in [-0.2, -0.15) is 0 Å². The first-order valence-electron chi connectivity index (χ1n) is 9.65. The van der Waals surface area contributed by atoms with E-state index in [0.717, 1.165) is 31.4 Å². The Morgan fingerprint density at radius 3 is 2.46 bits per heavy atom. The van der Waals surface area contributed by atoms with Crippen molar-refractivity contribution in [3.05, 3.63) is 41.9 Å². The van der Waals surface area contributed by atoms with E-state index in [-0.39, 0.29) is 23.5 Å². The third-order valence-electron chi connectivity index (χ3n) is 5.08. The summed E-state index contributed by atoms with van der Waals surface area (Å²) in [6.07, 6.45) is 5.12. The van der Waals surface area contributed by atoms with Crippen LogP contribution in [0.1, 0.15) is 59.5 Å². The number of ether oxygens (including phenoxy) is 1. The molecule has 1 aromatic carbocycles. The highest BCUT2D eigenvalue weighted by Gasteiger charge is 2.26. The van der Waals surface area contributed by atoms with Crippen LogP contribution in [0.4, 0.5) is 5.82 Å². The van der Waals surface area contributed by atoms with Crippen molar-refractivity contribution in [2.24, 2.45) is 5.73 Å². The highest BCUT2D eigenvalue weighted by Crippen LogP contribution is 2.27. The fraction of sp³-hybridized carbons (Fsp3) is 0.450. The van der Waals surface area contributed by atoms with Crippen LogP contribution in [0.2, 0.25) is 0 Å². The van der Waals surface area contributed by atoms with E-state index in [2.05, 4.69) is 11.9 Å². The SMILES string of the molecule is CCCCOc1ccc(C(=O)N2CCC(n3cnc(C(N)=O)c3N)CC2)cc1. The Labute approximate surface area is 164 Å². The molecule has 0 radical (unpaired) electrons. The molecular weight excluding hydrogens is 358 g/mol. The van der Waals surface area contributed by atoms with E-state index >= 15 is 0 Å². The van der Waals surface area contributed by atoms with Crippen LogP contribution in [-0.4, -0.2) is 46.0 Å². The molecule has 0 atom stereocenters. The van der Waals surface area contributed by atoms with Crippen LogP contribution in [0.25, 0.3) is 0 Å². The van der Waals surface area contributed by atoms with Gasteiger partial charge in [0, 0.05) is 24.7 Å². The molecule has 0 bridgehead atoms. The lowest BCUT2D eigenvalue weighted by atomic mass is 10.0. The fourth-order valence-electron chi connectivity index (χ4n) is 3.41. The Bertz CT molecular complexity index is 823. The Morgan fingerprint density at radius 1 is 1.21 bits per heavy atom. The first kappa shape index (κ1) is 19.7. The molecule has 1 saturated heterocycles. The van der Waals surface area contributed by atoms with Gasteiger partial charge in [0.15, 0.2) is 5.69 Å². The first-order chi connectivity index (χ1) is 13.5. The second kappa shape index (κ2) is 8.77. The summed E-state index contributed by atoms with van der Waals surface area (Å²) in [7, 11) is 0. The van der Waals surface area contributed by atoms with Gasteiger partial charge in [0.05, 0.1) is 12.9 Å². The monoisotopic (exact) mass is 385 g/mol. The highest BCUT2D eigenvalue weighted by molar-refractivity contribution is 5.95. The number of nitrogens with two attached hydrogens (primary N) is 2. The molecule has 2 aromatic rings. The minimum absolute atomic E-state index is 0.00925. The zero-order valence-corrected chi connectivity index (χ0v) is 16.1. The zero-order chi connectivity index (χ0) is 20.1. The summed E-state index contributed by atoms with van der Waals surface area (Å²) in [5.74, 6) is 0.446. The van der Waals surface area contributed by atoms with Crippen molar-refractivity contribution >= 4 is 17.6 Å². The van der Waals surface area contributed by atoms with Gasteiger partial charge in [-0.05, 0) is 43.5 Å². The van der Waals surface area contributed by atoms with Gasteiger partial charge in [-0.1, -0.05) is 13.3 Å². The highest BCUT2D eigenvalue weighted by atomic mass is 16.5. The maximum atomic E-state index is 12.8. The van der Waals surface area contributed by atoms with Crippen molar-refractivity contribution in [1.29, 1.82) is 0 Å². The first-order valence-corrected chi connectivity index (χ1v) is 9.65. The number of imidazole rings is 1. The van der Waals surface area contributed by atoms with Crippen molar-refractivity contribution in [1.82, 2.24) is 14.5 Å². The lowest BCUT2D eigenvalue weighted by Gasteiger charge is -2.33. The number of anilines is 1. The molecule has 0 spiro atoms. The summed E-state index contributed by atoms with van der Waals surface area (Å²) in [5, 5.41) is 0. The van der Waals surface area contributed by atoms with Crippen LogP contribution in [0.3, 0.4) is 0 Å². The summed E-state index contributed by atoms with van der Waals surface area (Å²) in [6.45, 7) is 4.03. The number of hydrogen-bond acceptors (Lipinski definition) is 5. The number of piperidine rings is 1. The van der Waals surface area contributed by atoms with E-state index in [1.807, 2.05) is 29.2 Å². The van der Waals surface area contributed by atoms with Crippen molar-refractivity contribution < 1.29 is 14.3 Å². The van der Waals surface area contributed by atoms with Gasteiger partial charge >= 0.3 is 0 Å². The predicted molar refractivity (Wildman–Crippen MR) is 106 cm³/mol. The number of aromatic nitrogens is 2. The van der Waals surface area contributed by atoms with E-state index < -0.39 is 5.91 Å². The standard InChI is InChI=1S/C20H27N5O3/c1-2-3-12-28-16-6-4-14(5-7-16)20(27)24-10-8-15(9-11-24)25-13-23-17(18(25)21)19(22)26/h4-7,13,15H,2-3,8-12,21H2,1H3,(H2,22,26). The molecule has 8 nitrogen and oxygen atoms in total. The lowest BCUT2D eigenvalue weighted by Crippen LogP contribution is -2.39. The number of carbonyl (C=O) groups excluding carboxylic acids is 2. The van der Waals surface area contributed by atoms with Crippen LogP contribution in [-0.2, 0) is 0 Å². The van der Waals surface area contributed by atoms with E-state index in [1.165, 1.54) is 0 Å². The average molecular weight is 385 g/mol. The minimum Gasteiger partial charge on any atom is -0.494 e. The molecule has 0 saturated carbocycles. The van der Waals surface area contributed by atoms with E-state index in [4.69, 9.17) is 16.2 Å². The van der Waals surface area contributed by atoms with Crippen molar-refractivity contribution in [3.8, 4) is 5.75 Å². The molecule has 0 aliphatic carbocycles. The molecule has 2 amide bonds. The van der Waals surface area contributed by atoms with Crippen LogP contribution in [0.15, 0.2) is 30.6 Å². The number of likely N-dealkylation sites (tertiary alicyclic amines) is 1. The number of hydrogen-bond donors (Lipinski definition) is 2. The number of rotatable bonds is 7. The lowest BCUT2D eigenvalue weighted by molar-refractivity contribution is 0.0695. The molecule has 0 unspecified atom stereocenters. The molecule has 1 aromatic heterocycles. The van der Waals surface area contributed by atoms with Gasteiger partial charge in [-0.25, -0.2) is 4.98 Å². The Kier molecular flexibility index (Phi) is 6.18. The van der Waals surface area contributed by atoms with Gasteiger partial charge < -0.3 is 25.7 Å². The van der Waals surface area contributed by atoms with E-state index in [0.29, 0.717) is 25.3 Å². The summed E-state index contributed by atoms with van der Waals surface area (Å²) in [6, 6.07) is 7.39. The van der Waals surface area contributed by atoms with Gasteiger partial charge in [0.1, 0.15) is 11.6 Å². The van der Waals surface area contributed by atoms with Crippen molar-refractivity contribution in [2.75, 3.05) is 25.4 Å². The Balaban J connectivity index is 1.57. The number of nitrogens with zero attached hydrogens (tertiary/aromatic N) is 3. The second-order valence-electron chi connectivity index (χ2n) is 7.00. The topological polar surface area (TPSA) is 116 Å². The summed E-state index contributed by atoms with van der Waals surface area (Å²) >= 11 is 0. The average Bonchev–Trinajstić information content (AvgIpc) is 3.10. The fourth-order valence-corrected chi connectivity index (χ4v) is 3.41. The van der Waals surface area contributed by atoms with Crippen LogP contribution in [0.5, 0.6) is 5.75 Å². The largest absolute Gasteiger partial charge is 0.494 e. The third-order valence-corrected chi connectivity index (χ3v) is 5.08. The number of amides is 2. The van der Waals surface area contributed by atoms with Crippen LogP contribution in [0, 0.1) is 0 Å². The second-order valence-corrected chi connectivity index (χ2v) is 7.00. The van der Waals surface area contributed by atoms with Gasteiger partial charge in [-0.3, -0.25) is 9.59 Å². The van der Waals surface area contributed by atoms with Gasteiger partial charge in [-0.15, -0.1) is 0 Å².